The Bertz CT molecular complexity index is 1020. The van der Waals surface area contributed by atoms with Crippen LogP contribution in [0, 0.1) is 11.7 Å². The number of fused-ring (bicyclic) bond motifs is 1. The molecule has 1 aromatic heterocycles. The number of hydrogen-bond donors (Lipinski definition) is 0. The molecule has 1 saturated heterocycles. The SMILES string of the molecule is CCC1CC(CCCc2c(F)cnc3ccc(OC)cc23)CCN1CCCc1ccccc1. The molecule has 4 heteroatoms. The number of benzene rings is 2. The molecule has 0 saturated carbocycles. The van der Waals surface area contributed by atoms with Gasteiger partial charge in [-0.2, -0.15) is 0 Å². The molecule has 0 bridgehead atoms. The van der Waals surface area contributed by atoms with Crippen LogP contribution < -0.4 is 4.74 Å². The van der Waals surface area contributed by atoms with Crippen molar-refractivity contribution in [2.45, 2.75) is 64.3 Å². The third-order valence-electron chi connectivity index (χ3n) is 7.34. The van der Waals surface area contributed by atoms with Crippen molar-refractivity contribution in [2.24, 2.45) is 5.92 Å². The number of aromatic nitrogens is 1. The summed E-state index contributed by atoms with van der Waals surface area (Å²) >= 11 is 0. The zero-order valence-electron chi connectivity index (χ0n) is 20.1. The van der Waals surface area contributed by atoms with Crippen molar-refractivity contribution >= 4 is 10.9 Å². The summed E-state index contributed by atoms with van der Waals surface area (Å²) in [6.45, 7) is 4.71. The summed E-state index contributed by atoms with van der Waals surface area (Å²) in [7, 11) is 1.64. The predicted octanol–water partition coefficient (Wildman–Crippen LogP) is 6.83. The van der Waals surface area contributed by atoms with Crippen molar-refractivity contribution in [1.82, 2.24) is 9.88 Å². The van der Waals surface area contributed by atoms with E-state index in [-0.39, 0.29) is 5.82 Å². The fourth-order valence-electron chi connectivity index (χ4n) is 5.45. The molecule has 33 heavy (non-hydrogen) atoms. The summed E-state index contributed by atoms with van der Waals surface area (Å²) in [5.41, 5.74) is 3.06. The lowest BCUT2D eigenvalue weighted by Gasteiger charge is -2.39. The van der Waals surface area contributed by atoms with E-state index in [4.69, 9.17) is 4.74 Å². The Morgan fingerprint density at radius 3 is 2.73 bits per heavy atom. The normalized spacial score (nSPS) is 19.1. The lowest BCUT2D eigenvalue weighted by atomic mass is 9.85. The molecule has 0 N–H and O–H groups in total. The first-order valence-electron chi connectivity index (χ1n) is 12.6. The molecule has 2 heterocycles. The van der Waals surface area contributed by atoms with Crippen LogP contribution in [0.5, 0.6) is 5.75 Å². The molecule has 0 spiro atoms. The second-order valence-corrected chi connectivity index (χ2v) is 9.44. The number of aryl methyl sites for hydroxylation is 2. The molecule has 4 rings (SSSR count). The smallest absolute Gasteiger partial charge is 0.145 e. The number of ether oxygens (including phenoxy) is 1. The molecule has 0 radical (unpaired) electrons. The van der Waals surface area contributed by atoms with Crippen molar-refractivity contribution in [3.05, 3.63) is 71.7 Å². The van der Waals surface area contributed by atoms with Crippen LogP contribution in [0.1, 0.15) is 56.6 Å². The maximum Gasteiger partial charge on any atom is 0.145 e. The highest BCUT2D eigenvalue weighted by Gasteiger charge is 2.26. The number of likely N-dealkylation sites (tertiary alicyclic amines) is 1. The minimum Gasteiger partial charge on any atom is -0.497 e. The van der Waals surface area contributed by atoms with E-state index in [9.17, 15) is 4.39 Å². The van der Waals surface area contributed by atoms with Gasteiger partial charge in [0.25, 0.3) is 0 Å². The van der Waals surface area contributed by atoms with Crippen molar-refractivity contribution in [3.8, 4) is 5.75 Å². The van der Waals surface area contributed by atoms with Crippen LogP contribution in [0.25, 0.3) is 10.9 Å². The molecule has 3 aromatic rings. The van der Waals surface area contributed by atoms with Crippen LogP contribution in [0.15, 0.2) is 54.7 Å². The quantitative estimate of drug-likeness (QED) is 0.340. The second kappa shape index (κ2) is 11.6. The van der Waals surface area contributed by atoms with Crippen molar-refractivity contribution in [1.29, 1.82) is 0 Å². The second-order valence-electron chi connectivity index (χ2n) is 9.44. The molecule has 1 fully saturated rings. The van der Waals surface area contributed by atoms with Gasteiger partial charge >= 0.3 is 0 Å². The number of hydrogen-bond acceptors (Lipinski definition) is 3. The Morgan fingerprint density at radius 1 is 1.09 bits per heavy atom. The summed E-state index contributed by atoms with van der Waals surface area (Å²) in [4.78, 5) is 6.96. The number of halogens is 1. The van der Waals surface area contributed by atoms with Gasteiger partial charge in [0.05, 0.1) is 18.8 Å². The van der Waals surface area contributed by atoms with Gasteiger partial charge in [0.1, 0.15) is 11.6 Å². The highest BCUT2D eigenvalue weighted by atomic mass is 19.1. The van der Waals surface area contributed by atoms with Gasteiger partial charge in [-0.1, -0.05) is 43.7 Å². The monoisotopic (exact) mass is 448 g/mol. The molecule has 0 amide bonds. The Kier molecular flexibility index (Phi) is 8.33. The van der Waals surface area contributed by atoms with E-state index in [1.54, 1.807) is 7.11 Å². The lowest BCUT2D eigenvalue weighted by molar-refractivity contribution is 0.103. The van der Waals surface area contributed by atoms with E-state index in [2.05, 4.69) is 47.1 Å². The Morgan fingerprint density at radius 2 is 1.94 bits per heavy atom. The average Bonchev–Trinajstić information content (AvgIpc) is 2.86. The van der Waals surface area contributed by atoms with E-state index in [0.717, 1.165) is 47.4 Å². The van der Waals surface area contributed by atoms with Crippen LogP contribution in [-0.2, 0) is 12.8 Å². The lowest BCUT2D eigenvalue weighted by Crippen LogP contribution is -2.42. The Labute approximate surface area is 198 Å². The average molecular weight is 449 g/mol. The number of piperidine rings is 1. The van der Waals surface area contributed by atoms with E-state index in [1.165, 1.54) is 57.0 Å². The van der Waals surface area contributed by atoms with Gasteiger partial charge < -0.3 is 9.64 Å². The molecular weight excluding hydrogens is 411 g/mol. The van der Waals surface area contributed by atoms with E-state index in [1.807, 2.05) is 18.2 Å². The van der Waals surface area contributed by atoms with E-state index in [0.29, 0.717) is 6.04 Å². The molecule has 1 aliphatic rings. The van der Waals surface area contributed by atoms with E-state index >= 15 is 0 Å². The van der Waals surface area contributed by atoms with Gasteiger partial charge in [-0.05, 0) is 93.3 Å². The number of methoxy groups -OCH3 is 1. The fraction of sp³-hybridized carbons (Fsp3) is 0.483. The summed E-state index contributed by atoms with van der Waals surface area (Å²) in [6.07, 6.45) is 10.4. The van der Waals surface area contributed by atoms with Crippen molar-refractivity contribution in [2.75, 3.05) is 20.2 Å². The maximum absolute atomic E-state index is 14.6. The van der Waals surface area contributed by atoms with Gasteiger partial charge in [-0.15, -0.1) is 0 Å². The zero-order valence-corrected chi connectivity index (χ0v) is 20.1. The maximum atomic E-state index is 14.6. The van der Waals surface area contributed by atoms with Crippen LogP contribution in [0.2, 0.25) is 0 Å². The molecule has 176 valence electrons. The van der Waals surface area contributed by atoms with Crippen LogP contribution in [0.3, 0.4) is 0 Å². The Balaban J connectivity index is 1.28. The first kappa shape index (κ1) is 23.7. The highest BCUT2D eigenvalue weighted by Crippen LogP contribution is 2.31. The minimum absolute atomic E-state index is 0.199. The van der Waals surface area contributed by atoms with Gasteiger partial charge in [0.2, 0.25) is 0 Å². The highest BCUT2D eigenvalue weighted by molar-refractivity contribution is 5.83. The standard InChI is InChI=1S/C29H37FN2O/c1-3-24-19-23(16-18-32(24)17-8-12-22-9-5-4-6-10-22)11-7-13-26-27-20-25(33-2)14-15-29(27)31-21-28(26)30/h4-6,9-10,14-15,20-21,23-24H,3,7-8,11-13,16-19H2,1-2H3. The molecule has 2 atom stereocenters. The number of rotatable bonds is 10. The summed E-state index contributed by atoms with van der Waals surface area (Å²) in [6, 6.07) is 17.2. The van der Waals surface area contributed by atoms with Crippen LogP contribution >= 0.6 is 0 Å². The zero-order chi connectivity index (χ0) is 23.0. The molecule has 2 aromatic carbocycles. The Hall–Kier alpha value is -2.46. The van der Waals surface area contributed by atoms with Crippen molar-refractivity contribution < 1.29 is 9.13 Å². The number of nitrogens with zero attached hydrogens (tertiary/aromatic N) is 2. The van der Waals surface area contributed by atoms with Crippen molar-refractivity contribution in [3.63, 3.8) is 0 Å². The molecule has 3 nitrogen and oxygen atoms in total. The predicted molar refractivity (Wildman–Crippen MR) is 134 cm³/mol. The largest absolute Gasteiger partial charge is 0.497 e. The third-order valence-corrected chi connectivity index (χ3v) is 7.34. The fourth-order valence-corrected chi connectivity index (χ4v) is 5.45. The van der Waals surface area contributed by atoms with E-state index < -0.39 is 0 Å². The molecule has 2 unspecified atom stereocenters. The summed E-state index contributed by atoms with van der Waals surface area (Å²) in [5.74, 6) is 1.29. The minimum atomic E-state index is -0.199. The molecule has 1 aliphatic heterocycles. The van der Waals surface area contributed by atoms with Crippen LogP contribution in [-0.4, -0.2) is 36.1 Å². The first-order valence-corrected chi connectivity index (χ1v) is 12.6. The van der Waals surface area contributed by atoms with Gasteiger partial charge in [0.15, 0.2) is 0 Å². The number of pyridine rings is 1. The van der Waals surface area contributed by atoms with Gasteiger partial charge in [0, 0.05) is 11.4 Å². The molecule has 0 aliphatic carbocycles. The van der Waals surface area contributed by atoms with Crippen LogP contribution in [0.4, 0.5) is 4.39 Å². The van der Waals surface area contributed by atoms with Gasteiger partial charge in [-0.3, -0.25) is 4.98 Å². The topological polar surface area (TPSA) is 25.4 Å². The summed E-state index contributed by atoms with van der Waals surface area (Å²) < 4.78 is 20.0. The first-order chi connectivity index (χ1) is 16.2. The molecular formula is C29H37FN2O. The van der Waals surface area contributed by atoms with Gasteiger partial charge in [-0.25, -0.2) is 4.39 Å². The summed E-state index contributed by atoms with van der Waals surface area (Å²) in [5, 5.41) is 0.883. The third kappa shape index (κ3) is 6.11.